The lowest BCUT2D eigenvalue weighted by Gasteiger charge is -2.15. The highest BCUT2D eigenvalue weighted by Crippen LogP contribution is 2.17. The summed E-state index contributed by atoms with van der Waals surface area (Å²) in [5, 5.41) is 0.800. The van der Waals surface area contributed by atoms with Crippen molar-refractivity contribution < 1.29 is 4.74 Å². The van der Waals surface area contributed by atoms with Gasteiger partial charge in [-0.1, -0.05) is 15.9 Å². The first-order valence-electron chi connectivity index (χ1n) is 4.98. The first kappa shape index (κ1) is 10.8. The Balaban J connectivity index is 2.04. The lowest BCUT2D eigenvalue weighted by Crippen LogP contribution is -2.24. The molecule has 1 fully saturated rings. The molecule has 2 rings (SSSR count). The van der Waals surface area contributed by atoms with Crippen LogP contribution in [-0.2, 0) is 10.1 Å². The van der Waals surface area contributed by atoms with Crippen LogP contribution < -0.4 is 4.90 Å². The Morgan fingerprint density at radius 2 is 2.27 bits per heavy atom. The first-order chi connectivity index (χ1) is 7.33. The SMILES string of the molecule is COC1CCN(c2ncc(CBr)cn2)C1. The first-order valence-corrected chi connectivity index (χ1v) is 6.10. The van der Waals surface area contributed by atoms with Crippen LogP contribution in [0.4, 0.5) is 5.95 Å². The number of hydrogen-bond donors (Lipinski definition) is 0. The lowest BCUT2D eigenvalue weighted by atomic mass is 10.3. The van der Waals surface area contributed by atoms with Crippen LogP contribution in [0.2, 0.25) is 0 Å². The minimum absolute atomic E-state index is 0.324. The van der Waals surface area contributed by atoms with Crippen molar-refractivity contribution in [2.45, 2.75) is 17.9 Å². The van der Waals surface area contributed by atoms with Gasteiger partial charge in [0.25, 0.3) is 0 Å². The molecule has 82 valence electrons. The monoisotopic (exact) mass is 271 g/mol. The zero-order valence-corrected chi connectivity index (χ0v) is 10.3. The third-order valence-corrected chi connectivity index (χ3v) is 3.25. The second kappa shape index (κ2) is 4.90. The molecule has 0 N–H and O–H groups in total. The van der Waals surface area contributed by atoms with Crippen molar-refractivity contribution in [1.29, 1.82) is 0 Å². The Labute approximate surface area is 97.8 Å². The number of ether oxygens (including phenoxy) is 1. The summed E-state index contributed by atoms with van der Waals surface area (Å²) in [6.45, 7) is 1.87. The normalized spacial score (nSPS) is 20.9. The molecule has 0 radical (unpaired) electrons. The average Bonchev–Trinajstić information content (AvgIpc) is 2.78. The van der Waals surface area contributed by atoms with Crippen LogP contribution in [0.5, 0.6) is 0 Å². The summed E-state index contributed by atoms with van der Waals surface area (Å²) in [5.41, 5.74) is 1.10. The van der Waals surface area contributed by atoms with Gasteiger partial charge >= 0.3 is 0 Å². The third-order valence-electron chi connectivity index (χ3n) is 2.61. The van der Waals surface area contributed by atoms with E-state index in [0.29, 0.717) is 6.10 Å². The minimum Gasteiger partial charge on any atom is -0.380 e. The van der Waals surface area contributed by atoms with E-state index in [1.165, 1.54) is 0 Å². The fourth-order valence-electron chi connectivity index (χ4n) is 1.68. The van der Waals surface area contributed by atoms with E-state index in [-0.39, 0.29) is 0 Å². The smallest absolute Gasteiger partial charge is 0.225 e. The molecule has 0 saturated carbocycles. The minimum atomic E-state index is 0.324. The molecular formula is C10H14BrN3O. The van der Waals surface area contributed by atoms with Crippen LogP contribution in [0.3, 0.4) is 0 Å². The molecule has 1 aliphatic rings. The van der Waals surface area contributed by atoms with E-state index in [1.54, 1.807) is 7.11 Å². The van der Waals surface area contributed by atoms with Gasteiger partial charge in [-0.05, 0) is 12.0 Å². The molecule has 5 heteroatoms. The van der Waals surface area contributed by atoms with Gasteiger partial charge in [0.05, 0.1) is 6.10 Å². The molecule has 0 bridgehead atoms. The van der Waals surface area contributed by atoms with Crippen molar-refractivity contribution in [1.82, 2.24) is 9.97 Å². The molecule has 0 aliphatic carbocycles. The van der Waals surface area contributed by atoms with E-state index in [0.717, 1.165) is 36.4 Å². The van der Waals surface area contributed by atoms with Gasteiger partial charge in [0.15, 0.2) is 0 Å². The number of methoxy groups -OCH3 is 1. The number of nitrogens with zero attached hydrogens (tertiary/aromatic N) is 3. The Hall–Kier alpha value is -0.680. The van der Waals surface area contributed by atoms with Crippen LogP contribution in [-0.4, -0.2) is 36.3 Å². The molecule has 1 saturated heterocycles. The van der Waals surface area contributed by atoms with Gasteiger partial charge < -0.3 is 9.64 Å². The summed E-state index contributed by atoms with van der Waals surface area (Å²) < 4.78 is 5.30. The molecule has 1 aliphatic heterocycles. The van der Waals surface area contributed by atoms with Gasteiger partial charge in [-0.3, -0.25) is 0 Å². The van der Waals surface area contributed by atoms with E-state index in [9.17, 15) is 0 Å². The summed E-state index contributed by atoms with van der Waals surface area (Å²) in [7, 11) is 1.75. The molecule has 1 aromatic rings. The summed E-state index contributed by atoms with van der Waals surface area (Å²) >= 11 is 3.37. The lowest BCUT2D eigenvalue weighted by molar-refractivity contribution is 0.121. The second-order valence-electron chi connectivity index (χ2n) is 3.62. The number of halogens is 1. The van der Waals surface area contributed by atoms with E-state index in [1.807, 2.05) is 12.4 Å². The highest BCUT2D eigenvalue weighted by molar-refractivity contribution is 9.08. The highest BCUT2D eigenvalue weighted by atomic mass is 79.9. The van der Waals surface area contributed by atoms with Crippen LogP contribution >= 0.6 is 15.9 Å². The van der Waals surface area contributed by atoms with Crippen LogP contribution in [0.1, 0.15) is 12.0 Å². The van der Waals surface area contributed by atoms with Gasteiger partial charge in [0, 0.05) is 37.9 Å². The molecule has 1 unspecified atom stereocenters. The molecule has 0 amide bonds. The third kappa shape index (κ3) is 2.46. The average molecular weight is 272 g/mol. The zero-order valence-electron chi connectivity index (χ0n) is 8.69. The van der Waals surface area contributed by atoms with Crippen molar-refractivity contribution in [3.8, 4) is 0 Å². The Morgan fingerprint density at radius 1 is 1.53 bits per heavy atom. The highest BCUT2D eigenvalue weighted by Gasteiger charge is 2.23. The standard InChI is InChI=1S/C10H14BrN3O/c1-15-9-2-3-14(7-9)10-12-5-8(4-11)6-13-10/h5-6,9H,2-4,7H2,1H3. The Kier molecular flexibility index (Phi) is 3.53. The molecule has 0 spiro atoms. The largest absolute Gasteiger partial charge is 0.380 e. The van der Waals surface area contributed by atoms with Gasteiger partial charge in [0.1, 0.15) is 0 Å². The van der Waals surface area contributed by atoms with Gasteiger partial charge in [0.2, 0.25) is 5.95 Å². The van der Waals surface area contributed by atoms with E-state index >= 15 is 0 Å². The Bertz CT molecular complexity index is 317. The van der Waals surface area contributed by atoms with Crippen molar-refractivity contribution in [2.24, 2.45) is 0 Å². The van der Waals surface area contributed by atoms with Crippen LogP contribution in [0.25, 0.3) is 0 Å². The quantitative estimate of drug-likeness (QED) is 0.783. The van der Waals surface area contributed by atoms with E-state index in [4.69, 9.17) is 4.74 Å². The van der Waals surface area contributed by atoms with Crippen LogP contribution in [0.15, 0.2) is 12.4 Å². The van der Waals surface area contributed by atoms with Gasteiger partial charge in [-0.25, -0.2) is 9.97 Å². The molecule has 4 nitrogen and oxygen atoms in total. The molecular weight excluding hydrogens is 258 g/mol. The van der Waals surface area contributed by atoms with E-state index < -0.39 is 0 Å². The molecule has 1 atom stereocenters. The van der Waals surface area contributed by atoms with Crippen LogP contribution in [0, 0.1) is 0 Å². The van der Waals surface area contributed by atoms with Gasteiger partial charge in [-0.2, -0.15) is 0 Å². The van der Waals surface area contributed by atoms with E-state index in [2.05, 4.69) is 30.8 Å². The topological polar surface area (TPSA) is 38.2 Å². The maximum Gasteiger partial charge on any atom is 0.225 e. The van der Waals surface area contributed by atoms with Gasteiger partial charge in [-0.15, -0.1) is 0 Å². The predicted molar refractivity (Wildman–Crippen MR) is 62.3 cm³/mol. The summed E-state index contributed by atoms with van der Waals surface area (Å²) in [6, 6.07) is 0. The summed E-state index contributed by atoms with van der Waals surface area (Å²) in [6.07, 6.45) is 5.10. The van der Waals surface area contributed by atoms with Crippen molar-refractivity contribution >= 4 is 21.9 Å². The number of alkyl halides is 1. The predicted octanol–water partition coefficient (Wildman–Crippen LogP) is 1.60. The Morgan fingerprint density at radius 3 is 2.80 bits per heavy atom. The zero-order chi connectivity index (χ0) is 10.7. The number of anilines is 1. The second-order valence-corrected chi connectivity index (χ2v) is 4.18. The maximum absolute atomic E-state index is 5.30. The number of hydrogen-bond acceptors (Lipinski definition) is 4. The summed E-state index contributed by atoms with van der Waals surface area (Å²) in [5.74, 6) is 0.805. The fraction of sp³-hybridized carbons (Fsp3) is 0.600. The number of aromatic nitrogens is 2. The molecule has 0 aromatic carbocycles. The maximum atomic E-state index is 5.30. The van der Waals surface area contributed by atoms with Crippen molar-refractivity contribution in [3.05, 3.63) is 18.0 Å². The molecule has 2 heterocycles. The van der Waals surface area contributed by atoms with Crippen molar-refractivity contribution in [3.63, 3.8) is 0 Å². The van der Waals surface area contributed by atoms with Crippen molar-refractivity contribution in [2.75, 3.05) is 25.1 Å². The molecule has 15 heavy (non-hydrogen) atoms. The fourth-order valence-corrected chi connectivity index (χ4v) is 1.97. The molecule has 1 aromatic heterocycles. The summed E-state index contributed by atoms with van der Waals surface area (Å²) in [4.78, 5) is 10.8. The number of rotatable bonds is 3.